The molecule has 0 aliphatic heterocycles. The number of carbonyl (C=O) groups is 3. The van der Waals surface area contributed by atoms with Gasteiger partial charge in [0.05, 0.1) is 58.7 Å². The zero-order chi connectivity index (χ0) is 43.1. The Morgan fingerprint density at radius 2 is 1.37 bits per heavy atom. The first kappa shape index (κ1) is 47.6. The molecule has 13 nitrogen and oxygen atoms in total. The zero-order valence-electron chi connectivity index (χ0n) is 35.9. The van der Waals surface area contributed by atoms with Gasteiger partial charge >= 0.3 is 5.97 Å². The van der Waals surface area contributed by atoms with Crippen LogP contribution in [0.2, 0.25) is 0 Å². The van der Waals surface area contributed by atoms with Gasteiger partial charge in [0.2, 0.25) is 11.8 Å². The Kier molecular flexibility index (Phi) is 20.8. The summed E-state index contributed by atoms with van der Waals surface area (Å²) in [6, 6.07) is 21.6. The molecule has 326 valence electrons. The van der Waals surface area contributed by atoms with Crippen LogP contribution in [0.4, 0.5) is 5.82 Å². The van der Waals surface area contributed by atoms with Crippen LogP contribution in [0.25, 0.3) is 21.9 Å². The molecular weight excluding hydrogens is 765 g/mol. The molecule has 0 unspecified atom stereocenters. The lowest BCUT2D eigenvalue weighted by Gasteiger charge is -2.25. The number of amides is 2. The van der Waals surface area contributed by atoms with E-state index in [2.05, 4.69) is 34.8 Å². The van der Waals surface area contributed by atoms with Crippen LogP contribution in [-0.4, -0.2) is 99.9 Å². The topological polar surface area (TPSA) is 167 Å². The average molecular weight is 829 g/mol. The number of nitrogens with zero attached hydrogens (tertiary/aromatic N) is 1. The molecule has 4 rings (SSSR count). The monoisotopic (exact) mass is 828 g/mol. The molecule has 2 atom stereocenters. The van der Waals surface area contributed by atoms with Crippen molar-refractivity contribution in [3.63, 3.8) is 0 Å². The molecule has 0 saturated heterocycles. The summed E-state index contributed by atoms with van der Waals surface area (Å²) in [6.45, 7) is 15.2. The summed E-state index contributed by atoms with van der Waals surface area (Å²) < 4.78 is 28.5. The molecule has 0 bridgehead atoms. The highest BCUT2D eigenvalue weighted by atomic mass is 16.6. The second-order valence-corrected chi connectivity index (χ2v) is 15.5. The molecule has 1 heterocycles. The molecule has 3 aromatic carbocycles. The fraction of sp³-hybridized carbons (Fsp3) is 0.489. The van der Waals surface area contributed by atoms with E-state index in [9.17, 15) is 19.5 Å². The summed E-state index contributed by atoms with van der Waals surface area (Å²) in [7, 11) is 0. The van der Waals surface area contributed by atoms with Crippen LogP contribution in [0, 0.1) is 18.8 Å². The van der Waals surface area contributed by atoms with Crippen molar-refractivity contribution in [2.75, 3.05) is 71.3 Å². The standard InChI is InChI=1S/C47H64N4O9/c1-33(2)19-22-56-23-24-57-25-26-58-27-28-59-29-30-60-42-17-16-38(39-9-6-7-10-40(39)42)36-12-14-37(15-13-36)41(32-45(53)54)50-47(55)46(34(3)4)51-44(52)11-8-20-48-43-31-35(5)18-21-49-43/h6-7,9-10,12-18,21,31,33-34,41,46H,8,11,19-20,22-30,32H2,1-5H3,(H,48,49)(H,50,55)(H,51,52)(H,53,54)/t41-,46-/m0/s1. The largest absolute Gasteiger partial charge is 0.491 e. The number of aromatic nitrogens is 1. The summed E-state index contributed by atoms with van der Waals surface area (Å²) in [4.78, 5) is 42.6. The number of fused-ring (bicyclic) bond motifs is 1. The molecule has 0 fully saturated rings. The van der Waals surface area contributed by atoms with Gasteiger partial charge in [0.25, 0.3) is 0 Å². The number of anilines is 1. The van der Waals surface area contributed by atoms with Gasteiger partial charge in [0.15, 0.2) is 0 Å². The highest BCUT2D eigenvalue weighted by molar-refractivity contribution is 6.00. The second kappa shape index (κ2) is 26.2. The van der Waals surface area contributed by atoms with E-state index in [1.807, 2.05) is 93.6 Å². The van der Waals surface area contributed by atoms with E-state index < -0.39 is 24.0 Å². The summed E-state index contributed by atoms with van der Waals surface area (Å²) in [5, 5.41) is 20.7. The first-order valence-corrected chi connectivity index (χ1v) is 21.1. The minimum Gasteiger partial charge on any atom is -0.491 e. The number of carboxylic acids is 1. The van der Waals surface area contributed by atoms with E-state index in [4.69, 9.17) is 23.7 Å². The minimum atomic E-state index is -1.05. The Balaban J connectivity index is 1.25. The summed E-state index contributed by atoms with van der Waals surface area (Å²) in [6.07, 6.45) is 3.22. The predicted octanol–water partition coefficient (Wildman–Crippen LogP) is 7.37. The number of carbonyl (C=O) groups excluding carboxylic acids is 2. The molecular formula is C47H64N4O9. The minimum absolute atomic E-state index is 0.217. The Bertz CT molecular complexity index is 1900. The van der Waals surface area contributed by atoms with Crippen LogP contribution in [0.15, 0.2) is 79.0 Å². The van der Waals surface area contributed by atoms with Crippen LogP contribution in [0.5, 0.6) is 5.75 Å². The normalized spacial score (nSPS) is 12.4. The number of aliphatic carboxylic acids is 1. The average Bonchev–Trinajstić information content (AvgIpc) is 3.22. The zero-order valence-corrected chi connectivity index (χ0v) is 35.9. The molecule has 13 heteroatoms. The van der Waals surface area contributed by atoms with Crippen LogP contribution in [0.3, 0.4) is 0 Å². The van der Waals surface area contributed by atoms with E-state index in [0.29, 0.717) is 77.3 Å². The fourth-order valence-corrected chi connectivity index (χ4v) is 6.40. The molecule has 0 spiro atoms. The number of pyridine rings is 1. The van der Waals surface area contributed by atoms with Gasteiger partial charge in [-0.2, -0.15) is 0 Å². The van der Waals surface area contributed by atoms with Crippen molar-refractivity contribution < 1.29 is 43.2 Å². The van der Waals surface area contributed by atoms with Gasteiger partial charge in [0.1, 0.15) is 24.2 Å². The van der Waals surface area contributed by atoms with E-state index >= 15 is 0 Å². The first-order chi connectivity index (χ1) is 29.0. The highest BCUT2D eigenvalue weighted by Crippen LogP contribution is 2.35. The molecule has 60 heavy (non-hydrogen) atoms. The van der Waals surface area contributed by atoms with Crippen molar-refractivity contribution >= 4 is 34.4 Å². The molecule has 0 aliphatic carbocycles. The maximum atomic E-state index is 13.6. The summed E-state index contributed by atoms with van der Waals surface area (Å²) in [5.41, 5.74) is 3.63. The SMILES string of the molecule is Cc1ccnc(NCCCC(=O)N[C@H](C(=O)N[C@@H](CC(=O)O)c2ccc(-c3ccc(OCCOCCOCCOCCOCCC(C)C)c4ccccc34)cc2)C(C)C)c1. The second-order valence-electron chi connectivity index (χ2n) is 15.5. The fourth-order valence-electron chi connectivity index (χ4n) is 6.40. The third-order valence-corrected chi connectivity index (χ3v) is 9.71. The van der Waals surface area contributed by atoms with E-state index in [0.717, 1.165) is 52.1 Å². The smallest absolute Gasteiger partial charge is 0.305 e. The number of ether oxygens (including phenoxy) is 5. The highest BCUT2D eigenvalue weighted by Gasteiger charge is 2.28. The Morgan fingerprint density at radius 3 is 1.98 bits per heavy atom. The van der Waals surface area contributed by atoms with Crippen LogP contribution < -0.4 is 20.7 Å². The van der Waals surface area contributed by atoms with Gasteiger partial charge < -0.3 is 44.7 Å². The molecule has 4 N–H and O–H groups in total. The number of nitrogens with one attached hydrogen (secondary N) is 3. The summed E-state index contributed by atoms with van der Waals surface area (Å²) >= 11 is 0. The van der Waals surface area contributed by atoms with Gasteiger partial charge in [0, 0.05) is 31.2 Å². The van der Waals surface area contributed by atoms with Gasteiger partial charge in [-0.05, 0) is 77.4 Å². The lowest BCUT2D eigenvalue weighted by atomic mass is 9.95. The van der Waals surface area contributed by atoms with Gasteiger partial charge in [-0.25, -0.2) is 4.98 Å². The lowest BCUT2D eigenvalue weighted by Crippen LogP contribution is -2.50. The number of rotatable bonds is 29. The Morgan fingerprint density at radius 1 is 0.733 bits per heavy atom. The van der Waals surface area contributed by atoms with Crippen molar-refractivity contribution in [2.24, 2.45) is 11.8 Å². The number of aryl methyl sites for hydroxylation is 1. The number of benzene rings is 3. The van der Waals surface area contributed by atoms with Gasteiger partial charge in [-0.1, -0.05) is 82.3 Å². The van der Waals surface area contributed by atoms with Crippen molar-refractivity contribution in [1.82, 2.24) is 15.6 Å². The molecule has 2 amide bonds. The Hall–Kier alpha value is -5.08. The van der Waals surface area contributed by atoms with Gasteiger partial charge in [-0.15, -0.1) is 0 Å². The van der Waals surface area contributed by atoms with Crippen LogP contribution >= 0.6 is 0 Å². The number of hydrogen-bond donors (Lipinski definition) is 4. The maximum Gasteiger partial charge on any atom is 0.305 e. The molecule has 0 radical (unpaired) electrons. The third-order valence-electron chi connectivity index (χ3n) is 9.71. The van der Waals surface area contributed by atoms with Crippen LogP contribution in [-0.2, 0) is 33.3 Å². The third kappa shape index (κ3) is 16.9. The lowest BCUT2D eigenvalue weighted by molar-refractivity contribution is -0.138. The number of carboxylic acid groups (broad SMARTS) is 1. The van der Waals surface area contributed by atoms with Crippen molar-refractivity contribution in [3.05, 3.63) is 90.1 Å². The van der Waals surface area contributed by atoms with E-state index in [1.54, 1.807) is 6.20 Å². The Labute approximate surface area is 354 Å². The molecule has 0 aliphatic rings. The number of hydrogen-bond acceptors (Lipinski definition) is 10. The van der Waals surface area contributed by atoms with E-state index in [1.165, 1.54) is 0 Å². The van der Waals surface area contributed by atoms with Crippen molar-refractivity contribution in [2.45, 2.75) is 72.4 Å². The van der Waals surface area contributed by atoms with Gasteiger partial charge in [-0.3, -0.25) is 14.4 Å². The summed E-state index contributed by atoms with van der Waals surface area (Å²) in [5.74, 6) is 0.142. The maximum absolute atomic E-state index is 13.6. The predicted molar refractivity (Wildman–Crippen MR) is 234 cm³/mol. The van der Waals surface area contributed by atoms with E-state index in [-0.39, 0.29) is 24.7 Å². The van der Waals surface area contributed by atoms with Crippen LogP contribution in [0.1, 0.15) is 70.5 Å². The molecule has 4 aromatic rings. The molecule has 0 saturated carbocycles. The first-order valence-electron chi connectivity index (χ1n) is 21.1. The molecule has 1 aromatic heterocycles. The van der Waals surface area contributed by atoms with Crippen molar-refractivity contribution in [1.29, 1.82) is 0 Å². The van der Waals surface area contributed by atoms with Crippen molar-refractivity contribution in [3.8, 4) is 16.9 Å². The quantitative estimate of drug-likeness (QED) is 0.0404.